The van der Waals surface area contributed by atoms with E-state index in [1.54, 1.807) is 6.33 Å². The van der Waals surface area contributed by atoms with E-state index >= 15 is 0 Å². The molecule has 0 radical (unpaired) electrons. The highest BCUT2D eigenvalue weighted by atomic mass is 16.4. The van der Waals surface area contributed by atoms with Crippen LogP contribution in [0.2, 0.25) is 0 Å². The van der Waals surface area contributed by atoms with E-state index in [-0.39, 0.29) is 5.54 Å². The number of para-hydroxylation sites is 2. The Morgan fingerprint density at radius 2 is 1.73 bits per heavy atom. The Hall–Kier alpha value is -2.47. The Labute approximate surface area is 153 Å². The third kappa shape index (κ3) is 2.84. The number of aromatic nitrogens is 3. The maximum atomic E-state index is 6.05. The van der Waals surface area contributed by atoms with Gasteiger partial charge in [-0.15, -0.1) is 0 Å². The van der Waals surface area contributed by atoms with Crippen LogP contribution in [0.3, 0.4) is 0 Å². The van der Waals surface area contributed by atoms with Crippen LogP contribution >= 0.6 is 0 Å². The molecule has 0 aliphatic carbocycles. The Kier molecular flexibility index (Phi) is 4.15. The summed E-state index contributed by atoms with van der Waals surface area (Å²) in [5.74, 6) is 1.83. The van der Waals surface area contributed by atoms with E-state index in [9.17, 15) is 0 Å². The molecule has 1 saturated heterocycles. The van der Waals surface area contributed by atoms with E-state index in [0.29, 0.717) is 0 Å². The first-order valence-electron chi connectivity index (χ1n) is 9.11. The van der Waals surface area contributed by atoms with Gasteiger partial charge in [0, 0.05) is 37.4 Å². The number of anilines is 1. The van der Waals surface area contributed by atoms with Gasteiger partial charge in [0.1, 0.15) is 17.7 Å². The maximum Gasteiger partial charge on any atom is 0.215 e. The van der Waals surface area contributed by atoms with E-state index in [2.05, 4.69) is 40.5 Å². The third-order valence-electron chi connectivity index (χ3n) is 5.50. The van der Waals surface area contributed by atoms with Crippen LogP contribution in [0.4, 0.5) is 5.82 Å². The normalized spacial score (nSPS) is 16.4. The quantitative estimate of drug-likeness (QED) is 0.722. The maximum absolute atomic E-state index is 6.05. The molecule has 1 aliphatic rings. The van der Waals surface area contributed by atoms with Gasteiger partial charge in [-0.2, -0.15) is 0 Å². The van der Waals surface area contributed by atoms with Crippen molar-refractivity contribution < 1.29 is 4.42 Å². The molecule has 0 spiro atoms. The average Bonchev–Trinajstić information content (AvgIpc) is 3.09. The topological polar surface area (TPSA) is 58.3 Å². The van der Waals surface area contributed by atoms with Gasteiger partial charge in [0.05, 0.1) is 5.54 Å². The molecule has 0 unspecified atom stereocenters. The zero-order valence-corrected chi connectivity index (χ0v) is 15.9. The summed E-state index contributed by atoms with van der Waals surface area (Å²) in [6.07, 6.45) is 1.66. The highest BCUT2D eigenvalue weighted by molar-refractivity contribution is 5.72. The summed E-state index contributed by atoms with van der Waals surface area (Å²) in [5, 5.41) is 0. The molecule has 0 amide bonds. The van der Waals surface area contributed by atoms with E-state index in [1.165, 1.54) is 5.56 Å². The first-order chi connectivity index (χ1) is 12.5. The van der Waals surface area contributed by atoms with Crippen LogP contribution in [0, 0.1) is 13.8 Å². The minimum atomic E-state index is -0.248. The predicted molar refractivity (Wildman–Crippen MR) is 102 cm³/mol. The van der Waals surface area contributed by atoms with Gasteiger partial charge in [-0.3, -0.25) is 4.90 Å². The number of nitrogens with zero attached hydrogens (tertiary/aromatic N) is 5. The molecule has 2 aromatic heterocycles. The van der Waals surface area contributed by atoms with Crippen molar-refractivity contribution in [1.29, 1.82) is 0 Å². The molecule has 1 fully saturated rings. The largest absolute Gasteiger partial charge is 0.439 e. The Morgan fingerprint density at radius 1 is 1.00 bits per heavy atom. The van der Waals surface area contributed by atoms with Crippen LogP contribution < -0.4 is 4.90 Å². The summed E-state index contributed by atoms with van der Waals surface area (Å²) in [7, 11) is 0. The van der Waals surface area contributed by atoms with E-state index in [4.69, 9.17) is 9.40 Å². The van der Waals surface area contributed by atoms with E-state index < -0.39 is 0 Å². The minimum Gasteiger partial charge on any atom is -0.439 e. The monoisotopic (exact) mass is 351 g/mol. The molecular formula is C20H25N5O. The number of piperazine rings is 1. The number of oxazole rings is 1. The number of fused-ring (bicyclic) bond motifs is 1. The Balaban J connectivity index is 1.52. The van der Waals surface area contributed by atoms with Crippen molar-refractivity contribution in [2.45, 2.75) is 33.2 Å². The summed E-state index contributed by atoms with van der Waals surface area (Å²) < 4.78 is 6.05. The molecule has 6 heteroatoms. The SMILES string of the molecule is Cc1ncnc(N2CCN(C(C)(C)c3nc4ccccc4o3)CC2)c1C. The van der Waals surface area contributed by atoms with Crippen molar-refractivity contribution >= 4 is 16.9 Å². The van der Waals surface area contributed by atoms with Gasteiger partial charge in [0.15, 0.2) is 5.58 Å². The zero-order chi connectivity index (χ0) is 18.3. The molecule has 0 atom stereocenters. The average molecular weight is 351 g/mol. The van der Waals surface area contributed by atoms with Gasteiger partial charge >= 0.3 is 0 Å². The summed E-state index contributed by atoms with van der Waals surface area (Å²) in [6, 6.07) is 7.94. The lowest BCUT2D eigenvalue weighted by Gasteiger charge is -2.43. The molecule has 4 rings (SSSR count). The lowest BCUT2D eigenvalue weighted by molar-refractivity contribution is 0.0863. The second kappa shape index (κ2) is 6.36. The summed E-state index contributed by atoms with van der Waals surface area (Å²) in [6.45, 7) is 12.2. The fourth-order valence-corrected chi connectivity index (χ4v) is 3.59. The van der Waals surface area contributed by atoms with Gasteiger partial charge in [0.2, 0.25) is 5.89 Å². The van der Waals surface area contributed by atoms with Crippen molar-refractivity contribution in [1.82, 2.24) is 19.9 Å². The first-order valence-corrected chi connectivity index (χ1v) is 9.11. The Morgan fingerprint density at radius 3 is 2.46 bits per heavy atom. The molecule has 136 valence electrons. The van der Waals surface area contributed by atoms with Crippen LogP contribution in [0.25, 0.3) is 11.1 Å². The number of benzene rings is 1. The minimum absolute atomic E-state index is 0.248. The van der Waals surface area contributed by atoms with Crippen LogP contribution in [0.5, 0.6) is 0 Å². The van der Waals surface area contributed by atoms with Crippen molar-refractivity contribution in [2.75, 3.05) is 31.1 Å². The van der Waals surface area contributed by atoms with Crippen LogP contribution in [-0.4, -0.2) is 46.0 Å². The molecule has 26 heavy (non-hydrogen) atoms. The lowest BCUT2D eigenvalue weighted by Crippen LogP contribution is -2.53. The first kappa shape index (κ1) is 17.0. The smallest absolute Gasteiger partial charge is 0.215 e. The fourth-order valence-electron chi connectivity index (χ4n) is 3.59. The van der Waals surface area contributed by atoms with Crippen LogP contribution in [0.15, 0.2) is 35.0 Å². The van der Waals surface area contributed by atoms with E-state index in [1.807, 2.05) is 31.2 Å². The summed E-state index contributed by atoms with van der Waals surface area (Å²) >= 11 is 0. The summed E-state index contributed by atoms with van der Waals surface area (Å²) in [4.78, 5) is 18.3. The highest BCUT2D eigenvalue weighted by Crippen LogP contribution is 2.31. The molecule has 1 aromatic carbocycles. The standard InChI is InChI=1S/C20H25N5O/c1-14-15(2)21-13-22-18(14)24-9-11-25(12-10-24)20(3,4)19-23-16-7-5-6-8-17(16)26-19/h5-8,13H,9-12H2,1-4H3. The van der Waals surface area contributed by atoms with Crippen LogP contribution in [0.1, 0.15) is 31.0 Å². The second-order valence-corrected chi connectivity index (χ2v) is 7.43. The number of rotatable bonds is 3. The molecule has 0 saturated carbocycles. The van der Waals surface area contributed by atoms with Crippen molar-refractivity contribution in [3.63, 3.8) is 0 Å². The van der Waals surface area contributed by atoms with Gasteiger partial charge in [-0.05, 0) is 39.8 Å². The van der Waals surface area contributed by atoms with Gasteiger partial charge < -0.3 is 9.32 Å². The third-order valence-corrected chi connectivity index (χ3v) is 5.50. The molecule has 3 aromatic rings. The van der Waals surface area contributed by atoms with Crippen molar-refractivity contribution in [2.24, 2.45) is 0 Å². The van der Waals surface area contributed by atoms with E-state index in [0.717, 1.165) is 54.7 Å². The summed E-state index contributed by atoms with van der Waals surface area (Å²) in [5.41, 5.74) is 3.73. The number of aryl methyl sites for hydroxylation is 1. The van der Waals surface area contributed by atoms with Gasteiger partial charge in [-0.1, -0.05) is 12.1 Å². The zero-order valence-electron chi connectivity index (χ0n) is 15.9. The number of hydrogen-bond donors (Lipinski definition) is 0. The highest BCUT2D eigenvalue weighted by Gasteiger charge is 2.36. The molecule has 3 heterocycles. The van der Waals surface area contributed by atoms with Crippen molar-refractivity contribution in [3.8, 4) is 0 Å². The van der Waals surface area contributed by atoms with Gasteiger partial charge in [0.25, 0.3) is 0 Å². The second-order valence-electron chi connectivity index (χ2n) is 7.43. The Bertz CT molecular complexity index is 892. The van der Waals surface area contributed by atoms with Crippen LogP contribution in [-0.2, 0) is 5.54 Å². The fraction of sp³-hybridized carbons (Fsp3) is 0.450. The van der Waals surface area contributed by atoms with Crippen molar-refractivity contribution in [3.05, 3.63) is 47.7 Å². The predicted octanol–water partition coefficient (Wildman–Crippen LogP) is 3.29. The molecule has 6 nitrogen and oxygen atoms in total. The molecule has 0 bridgehead atoms. The molecule has 1 aliphatic heterocycles. The number of hydrogen-bond acceptors (Lipinski definition) is 6. The lowest BCUT2D eigenvalue weighted by atomic mass is 10.0. The molecular weight excluding hydrogens is 326 g/mol. The van der Waals surface area contributed by atoms with Gasteiger partial charge in [-0.25, -0.2) is 15.0 Å². The molecule has 0 N–H and O–H groups in total.